The van der Waals surface area contributed by atoms with Crippen molar-refractivity contribution >= 4 is 33.0 Å². The maximum Gasteiger partial charge on any atom is 0.417 e. The van der Waals surface area contributed by atoms with Gasteiger partial charge in [-0.15, -0.1) is 11.3 Å². The molecule has 2 rings (SSSR count). The van der Waals surface area contributed by atoms with Crippen molar-refractivity contribution in [1.82, 2.24) is 9.62 Å². The Morgan fingerprint density at radius 3 is 2.48 bits per heavy atom. The molecule has 2 aromatic rings. The highest BCUT2D eigenvalue weighted by atomic mass is 35.5. The van der Waals surface area contributed by atoms with Gasteiger partial charge in [0.15, 0.2) is 0 Å². The summed E-state index contributed by atoms with van der Waals surface area (Å²) in [6.45, 7) is -0.0598. The van der Waals surface area contributed by atoms with E-state index in [1.165, 1.54) is 11.3 Å². The van der Waals surface area contributed by atoms with Crippen LogP contribution in [-0.4, -0.2) is 34.0 Å². The summed E-state index contributed by atoms with van der Waals surface area (Å²) < 4.78 is 66.6. The van der Waals surface area contributed by atoms with Gasteiger partial charge in [-0.25, -0.2) is 13.1 Å². The minimum absolute atomic E-state index is 0.0598. The van der Waals surface area contributed by atoms with Crippen LogP contribution in [0.3, 0.4) is 0 Å². The molecular weight excluding hydrogens is 397 g/mol. The third-order valence-electron chi connectivity index (χ3n) is 3.50. The molecule has 0 saturated heterocycles. The van der Waals surface area contributed by atoms with Crippen LogP contribution in [0.5, 0.6) is 0 Å². The Morgan fingerprint density at radius 2 is 1.96 bits per heavy atom. The van der Waals surface area contributed by atoms with Crippen LogP contribution in [0.1, 0.15) is 16.5 Å². The van der Waals surface area contributed by atoms with Crippen molar-refractivity contribution in [2.24, 2.45) is 0 Å². The van der Waals surface area contributed by atoms with Crippen LogP contribution < -0.4 is 4.72 Å². The molecule has 0 aliphatic heterocycles. The average Bonchev–Trinajstić information content (AvgIpc) is 2.99. The van der Waals surface area contributed by atoms with Gasteiger partial charge >= 0.3 is 6.18 Å². The predicted molar refractivity (Wildman–Crippen MR) is 92.4 cm³/mol. The van der Waals surface area contributed by atoms with E-state index in [1.54, 1.807) is 19.0 Å². The third-order valence-corrected chi connectivity index (χ3v) is 6.19. The minimum atomic E-state index is -4.83. The highest BCUT2D eigenvalue weighted by Crippen LogP contribution is 2.36. The lowest BCUT2D eigenvalue weighted by atomic mass is 10.2. The molecule has 10 heteroatoms. The first-order valence-corrected chi connectivity index (χ1v) is 9.82. The van der Waals surface area contributed by atoms with Crippen LogP contribution in [0.2, 0.25) is 5.02 Å². The molecule has 0 aliphatic rings. The zero-order valence-corrected chi connectivity index (χ0v) is 15.7. The quantitative estimate of drug-likeness (QED) is 0.780. The maximum atomic E-state index is 13.2. The number of rotatable bonds is 6. The Morgan fingerprint density at radius 1 is 1.28 bits per heavy atom. The lowest BCUT2D eigenvalue weighted by Crippen LogP contribution is -2.35. The number of likely N-dealkylation sites (N-methyl/N-ethyl adjacent to an activating group) is 1. The van der Waals surface area contributed by atoms with Crippen LogP contribution in [0.15, 0.2) is 40.6 Å². The summed E-state index contributed by atoms with van der Waals surface area (Å²) in [6.07, 6.45) is -4.83. The van der Waals surface area contributed by atoms with Gasteiger partial charge in [-0.2, -0.15) is 13.2 Å². The van der Waals surface area contributed by atoms with Crippen molar-refractivity contribution in [3.05, 3.63) is 51.2 Å². The fourth-order valence-electron chi connectivity index (χ4n) is 2.24. The molecular formula is C15H16ClF3N2O2S2. The number of hydrogen-bond acceptors (Lipinski definition) is 4. The lowest BCUT2D eigenvalue weighted by Gasteiger charge is -2.24. The van der Waals surface area contributed by atoms with Gasteiger partial charge in [0.05, 0.1) is 16.5 Å². The molecule has 0 bridgehead atoms. The highest BCUT2D eigenvalue weighted by molar-refractivity contribution is 7.89. The molecule has 0 amide bonds. The van der Waals surface area contributed by atoms with Crippen molar-refractivity contribution in [2.75, 3.05) is 20.6 Å². The van der Waals surface area contributed by atoms with Crippen LogP contribution in [0, 0.1) is 0 Å². The molecule has 0 saturated carbocycles. The van der Waals surface area contributed by atoms with E-state index >= 15 is 0 Å². The van der Waals surface area contributed by atoms with Gasteiger partial charge in [-0.3, -0.25) is 0 Å². The zero-order valence-electron chi connectivity index (χ0n) is 13.3. The second-order valence-corrected chi connectivity index (χ2v) is 8.64. The summed E-state index contributed by atoms with van der Waals surface area (Å²) in [7, 11) is -0.829. The smallest absolute Gasteiger partial charge is 0.300 e. The molecule has 0 fully saturated rings. The Bertz CT molecular complexity index is 822. The molecule has 0 aliphatic carbocycles. The SMILES string of the molecule is CN(C)C(CNS(=O)(=O)c1ccc(Cl)cc1C(F)(F)F)c1cccs1. The van der Waals surface area contributed by atoms with Crippen molar-refractivity contribution in [2.45, 2.75) is 17.1 Å². The number of nitrogens with one attached hydrogen (secondary N) is 1. The van der Waals surface area contributed by atoms with Gasteiger partial charge in [-0.1, -0.05) is 17.7 Å². The summed E-state index contributed by atoms with van der Waals surface area (Å²) in [6, 6.07) is 5.96. The molecule has 1 unspecified atom stereocenters. The number of hydrogen-bond donors (Lipinski definition) is 1. The molecule has 1 N–H and O–H groups in total. The Balaban J connectivity index is 2.31. The minimum Gasteiger partial charge on any atom is -0.300 e. The van der Waals surface area contributed by atoms with Gasteiger partial charge in [0.2, 0.25) is 10.0 Å². The predicted octanol–water partition coefficient (Wildman–Crippen LogP) is 4.00. The Labute approximate surface area is 153 Å². The Hall–Kier alpha value is -1.13. The normalized spacial score (nSPS) is 14.0. The van der Waals surface area contributed by atoms with E-state index in [4.69, 9.17) is 11.6 Å². The summed E-state index contributed by atoms with van der Waals surface area (Å²) in [4.78, 5) is 1.86. The average molecular weight is 413 g/mol. The van der Waals surface area contributed by atoms with Gasteiger partial charge in [-0.05, 0) is 43.7 Å². The van der Waals surface area contributed by atoms with Crippen molar-refractivity contribution in [3.63, 3.8) is 0 Å². The number of sulfonamides is 1. The molecule has 4 nitrogen and oxygen atoms in total. The summed E-state index contributed by atoms with van der Waals surface area (Å²) in [5, 5.41) is 1.66. The lowest BCUT2D eigenvalue weighted by molar-refractivity contribution is -0.139. The molecule has 1 heterocycles. The Kier molecular flexibility index (Phi) is 6.16. The van der Waals surface area contributed by atoms with Gasteiger partial charge in [0, 0.05) is 16.4 Å². The fourth-order valence-corrected chi connectivity index (χ4v) is 4.58. The van der Waals surface area contributed by atoms with Crippen LogP contribution >= 0.6 is 22.9 Å². The standard InChI is InChI=1S/C15H16ClF3N2O2S2/c1-21(2)12(13-4-3-7-24-13)9-20-25(22,23)14-6-5-10(16)8-11(14)15(17,18)19/h3-8,12,20H,9H2,1-2H3. The summed E-state index contributed by atoms with van der Waals surface area (Å²) in [5.74, 6) is 0. The second kappa shape index (κ2) is 7.63. The fraction of sp³-hybridized carbons (Fsp3) is 0.333. The number of thiophene rings is 1. The monoisotopic (exact) mass is 412 g/mol. The number of halogens is 4. The maximum absolute atomic E-state index is 13.2. The summed E-state index contributed by atoms with van der Waals surface area (Å²) >= 11 is 7.03. The van der Waals surface area contributed by atoms with Gasteiger partial charge in [0.25, 0.3) is 0 Å². The second-order valence-electron chi connectivity index (χ2n) is 5.48. The number of nitrogens with zero attached hydrogens (tertiary/aromatic N) is 1. The molecule has 0 spiro atoms. The molecule has 138 valence electrons. The van der Waals surface area contributed by atoms with Crippen LogP contribution in [0.25, 0.3) is 0 Å². The third kappa shape index (κ3) is 4.95. The largest absolute Gasteiger partial charge is 0.417 e. The topological polar surface area (TPSA) is 49.4 Å². The van der Waals surface area contributed by atoms with Crippen molar-refractivity contribution < 1.29 is 21.6 Å². The number of benzene rings is 1. The van der Waals surface area contributed by atoms with E-state index in [9.17, 15) is 21.6 Å². The van der Waals surface area contributed by atoms with E-state index in [0.29, 0.717) is 6.07 Å². The molecule has 1 aromatic heterocycles. The van der Waals surface area contributed by atoms with E-state index < -0.39 is 26.7 Å². The van der Waals surface area contributed by atoms with Crippen LogP contribution in [0.4, 0.5) is 13.2 Å². The first kappa shape index (κ1) is 20.2. The zero-order chi connectivity index (χ0) is 18.8. The molecule has 1 aromatic carbocycles. The first-order chi connectivity index (χ1) is 11.5. The molecule has 25 heavy (non-hydrogen) atoms. The van der Waals surface area contributed by atoms with Crippen LogP contribution in [-0.2, 0) is 16.2 Å². The van der Waals surface area contributed by atoms with E-state index in [0.717, 1.165) is 17.0 Å². The van der Waals surface area contributed by atoms with Crippen molar-refractivity contribution in [1.29, 1.82) is 0 Å². The molecule has 0 radical (unpaired) electrons. The van der Waals surface area contributed by atoms with Crippen molar-refractivity contribution in [3.8, 4) is 0 Å². The summed E-state index contributed by atoms with van der Waals surface area (Å²) in [5.41, 5.74) is -1.29. The van der Waals surface area contributed by atoms with E-state index in [-0.39, 0.29) is 17.6 Å². The first-order valence-electron chi connectivity index (χ1n) is 7.08. The molecule has 1 atom stereocenters. The van der Waals surface area contributed by atoms with E-state index in [1.807, 2.05) is 17.5 Å². The van der Waals surface area contributed by atoms with Gasteiger partial charge < -0.3 is 4.90 Å². The number of alkyl halides is 3. The van der Waals surface area contributed by atoms with Gasteiger partial charge in [0.1, 0.15) is 0 Å². The highest BCUT2D eigenvalue weighted by Gasteiger charge is 2.37. The van der Waals surface area contributed by atoms with E-state index in [2.05, 4.69) is 4.72 Å².